The average molecular weight is 237 g/mol. The van der Waals surface area contributed by atoms with Gasteiger partial charge in [-0.2, -0.15) is 0 Å². The quantitative estimate of drug-likeness (QED) is 0.840. The Balaban J connectivity index is 1.89. The maximum atomic E-state index is 5.83. The van der Waals surface area contributed by atoms with Gasteiger partial charge in [0.25, 0.3) is 0 Å². The minimum absolute atomic E-state index is 0.361. The summed E-state index contributed by atoms with van der Waals surface area (Å²) in [5.74, 6) is 1.81. The van der Waals surface area contributed by atoms with E-state index < -0.39 is 0 Å². The second-order valence-corrected chi connectivity index (χ2v) is 4.99. The molecule has 0 spiro atoms. The van der Waals surface area contributed by atoms with Crippen molar-refractivity contribution < 1.29 is 4.74 Å². The topological polar surface area (TPSA) is 39.1 Å². The first kappa shape index (κ1) is 12.6. The van der Waals surface area contributed by atoms with E-state index in [2.05, 4.69) is 21.8 Å². The summed E-state index contributed by atoms with van der Waals surface area (Å²) < 4.78 is 7.92. The molecule has 1 N–H and O–H groups in total. The van der Waals surface area contributed by atoms with Gasteiger partial charge in [0, 0.05) is 38.5 Å². The zero-order chi connectivity index (χ0) is 12.3. The van der Waals surface area contributed by atoms with Gasteiger partial charge >= 0.3 is 0 Å². The third-order valence-electron chi connectivity index (χ3n) is 3.81. The minimum Gasteiger partial charge on any atom is -0.376 e. The Kier molecular flexibility index (Phi) is 4.18. The van der Waals surface area contributed by atoms with E-state index in [0.29, 0.717) is 18.1 Å². The minimum atomic E-state index is 0.361. The monoisotopic (exact) mass is 237 g/mol. The summed E-state index contributed by atoms with van der Waals surface area (Å²) in [6.45, 7) is 3.19. The highest BCUT2D eigenvalue weighted by Crippen LogP contribution is 2.24. The molecule has 3 unspecified atom stereocenters. The fraction of sp³-hybridized carbons (Fsp3) is 0.769. The van der Waals surface area contributed by atoms with Crippen molar-refractivity contribution in [2.75, 3.05) is 13.7 Å². The Bertz CT molecular complexity index is 350. The number of nitrogens with zero attached hydrogens (tertiary/aromatic N) is 2. The van der Waals surface area contributed by atoms with Gasteiger partial charge in [0.2, 0.25) is 0 Å². The van der Waals surface area contributed by atoms with E-state index in [1.54, 1.807) is 0 Å². The summed E-state index contributed by atoms with van der Waals surface area (Å²) in [5, 5.41) is 3.39. The molecule has 0 amide bonds. The normalized spacial score (nSPS) is 26.3. The third-order valence-corrected chi connectivity index (χ3v) is 3.81. The lowest BCUT2D eigenvalue weighted by Crippen LogP contribution is -2.40. The highest BCUT2D eigenvalue weighted by Gasteiger charge is 2.30. The predicted molar refractivity (Wildman–Crippen MR) is 67.9 cm³/mol. The maximum Gasteiger partial charge on any atom is 0.108 e. The van der Waals surface area contributed by atoms with Gasteiger partial charge in [-0.15, -0.1) is 0 Å². The number of hydrogen-bond donors (Lipinski definition) is 1. The fourth-order valence-corrected chi connectivity index (χ4v) is 2.63. The summed E-state index contributed by atoms with van der Waals surface area (Å²) in [6.07, 6.45) is 7.49. The average Bonchev–Trinajstić information content (AvgIpc) is 2.90. The number of nitrogens with one attached hydrogen (secondary N) is 1. The Morgan fingerprint density at radius 2 is 2.47 bits per heavy atom. The first-order valence-electron chi connectivity index (χ1n) is 6.47. The molecule has 0 saturated carbocycles. The maximum absolute atomic E-state index is 5.83. The van der Waals surface area contributed by atoms with E-state index in [4.69, 9.17) is 4.74 Å². The van der Waals surface area contributed by atoms with Crippen molar-refractivity contribution in [3.8, 4) is 0 Å². The lowest BCUT2D eigenvalue weighted by molar-refractivity contribution is 0.0606. The zero-order valence-electron chi connectivity index (χ0n) is 11.0. The molecule has 0 aliphatic carbocycles. The van der Waals surface area contributed by atoms with Gasteiger partial charge in [-0.3, -0.25) is 0 Å². The van der Waals surface area contributed by atoms with Crippen LogP contribution in [0.25, 0.3) is 0 Å². The van der Waals surface area contributed by atoms with E-state index >= 15 is 0 Å². The molecule has 1 aliphatic heterocycles. The Morgan fingerprint density at radius 1 is 1.65 bits per heavy atom. The molecule has 2 rings (SSSR count). The van der Waals surface area contributed by atoms with Crippen molar-refractivity contribution in [1.82, 2.24) is 14.9 Å². The first-order chi connectivity index (χ1) is 8.22. The van der Waals surface area contributed by atoms with Gasteiger partial charge in [-0.1, -0.05) is 6.92 Å². The molecule has 1 fully saturated rings. The number of likely N-dealkylation sites (N-methyl/N-ethyl adjacent to an activating group) is 1. The van der Waals surface area contributed by atoms with Crippen LogP contribution in [0.15, 0.2) is 12.4 Å². The molecular weight excluding hydrogens is 214 g/mol. The number of hydrogen-bond acceptors (Lipinski definition) is 3. The summed E-state index contributed by atoms with van der Waals surface area (Å²) in [6, 6.07) is 0.434. The van der Waals surface area contributed by atoms with E-state index in [0.717, 1.165) is 25.3 Å². The smallest absolute Gasteiger partial charge is 0.108 e. The van der Waals surface area contributed by atoms with Crippen LogP contribution in [-0.4, -0.2) is 35.4 Å². The third kappa shape index (κ3) is 2.87. The van der Waals surface area contributed by atoms with Crippen molar-refractivity contribution in [1.29, 1.82) is 0 Å². The zero-order valence-corrected chi connectivity index (χ0v) is 11.0. The van der Waals surface area contributed by atoms with Gasteiger partial charge < -0.3 is 14.6 Å². The lowest BCUT2D eigenvalue weighted by atomic mass is 9.94. The van der Waals surface area contributed by atoms with Crippen LogP contribution in [0.3, 0.4) is 0 Å². The highest BCUT2D eigenvalue weighted by molar-refractivity contribution is 4.94. The number of aryl methyl sites for hydroxylation is 2. The van der Waals surface area contributed by atoms with E-state index in [1.807, 2.05) is 26.5 Å². The highest BCUT2D eigenvalue weighted by atomic mass is 16.5. The van der Waals surface area contributed by atoms with E-state index in [9.17, 15) is 0 Å². The summed E-state index contributed by atoms with van der Waals surface area (Å²) in [4.78, 5) is 4.36. The molecule has 1 aromatic heterocycles. The Morgan fingerprint density at radius 3 is 3.00 bits per heavy atom. The SMILES string of the molecule is CNC(CCc1nccn1C)C1OCCC1C. The summed E-state index contributed by atoms with van der Waals surface area (Å²) >= 11 is 0. The first-order valence-corrected chi connectivity index (χ1v) is 6.47. The second-order valence-electron chi connectivity index (χ2n) is 4.99. The molecule has 0 radical (unpaired) electrons. The van der Waals surface area contributed by atoms with Crippen LogP contribution in [0.4, 0.5) is 0 Å². The summed E-state index contributed by atoms with van der Waals surface area (Å²) in [7, 11) is 4.07. The van der Waals surface area contributed by atoms with E-state index in [1.165, 1.54) is 6.42 Å². The number of ether oxygens (including phenoxy) is 1. The number of rotatable bonds is 5. The van der Waals surface area contributed by atoms with Gasteiger partial charge in [0.1, 0.15) is 5.82 Å². The predicted octanol–water partition coefficient (Wildman–Crippen LogP) is 1.37. The van der Waals surface area contributed by atoms with Gasteiger partial charge in [-0.25, -0.2) is 4.98 Å². The van der Waals surface area contributed by atoms with Crippen LogP contribution in [0.5, 0.6) is 0 Å². The fourth-order valence-electron chi connectivity index (χ4n) is 2.63. The van der Waals surface area contributed by atoms with Crippen molar-refractivity contribution >= 4 is 0 Å². The lowest BCUT2D eigenvalue weighted by Gasteiger charge is -2.25. The molecule has 3 atom stereocenters. The molecule has 2 heterocycles. The molecule has 0 bridgehead atoms. The van der Waals surface area contributed by atoms with Crippen LogP contribution in [0.2, 0.25) is 0 Å². The van der Waals surface area contributed by atoms with Crippen molar-refractivity contribution in [3.63, 3.8) is 0 Å². The molecule has 96 valence electrons. The largest absolute Gasteiger partial charge is 0.376 e. The van der Waals surface area contributed by atoms with Gasteiger partial charge in [-0.05, 0) is 25.8 Å². The second kappa shape index (κ2) is 5.65. The number of imidazole rings is 1. The molecular formula is C13H23N3O. The Hall–Kier alpha value is -0.870. The standard InChI is InChI=1S/C13H23N3O/c1-10-6-9-17-13(10)11(14-2)4-5-12-15-7-8-16(12)3/h7-8,10-11,13-14H,4-6,9H2,1-3H3. The van der Waals surface area contributed by atoms with Crippen molar-refractivity contribution in [3.05, 3.63) is 18.2 Å². The molecule has 1 saturated heterocycles. The molecule has 17 heavy (non-hydrogen) atoms. The molecule has 4 nitrogen and oxygen atoms in total. The molecule has 1 aliphatic rings. The Labute approximate surface area is 103 Å². The van der Waals surface area contributed by atoms with E-state index in [-0.39, 0.29) is 0 Å². The van der Waals surface area contributed by atoms with Crippen LogP contribution < -0.4 is 5.32 Å². The van der Waals surface area contributed by atoms with Crippen LogP contribution in [0.1, 0.15) is 25.6 Å². The van der Waals surface area contributed by atoms with Crippen LogP contribution in [0, 0.1) is 5.92 Å². The van der Waals surface area contributed by atoms with Gasteiger partial charge in [0.05, 0.1) is 6.10 Å². The molecule has 1 aromatic rings. The summed E-state index contributed by atoms with van der Waals surface area (Å²) in [5.41, 5.74) is 0. The van der Waals surface area contributed by atoms with Gasteiger partial charge in [0.15, 0.2) is 0 Å². The van der Waals surface area contributed by atoms with Crippen LogP contribution in [-0.2, 0) is 18.2 Å². The number of aromatic nitrogens is 2. The molecule has 0 aromatic carbocycles. The van der Waals surface area contributed by atoms with Crippen molar-refractivity contribution in [2.45, 2.75) is 38.3 Å². The van der Waals surface area contributed by atoms with Crippen molar-refractivity contribution in [2.24, 2.45) is 13.0 Å². The molecule has 4 heteroatoms. The van der Waals surface area contributed by atoms with Crippen LogP contribution >= 0.6 is 0 Å².